The predicted octanol–water partition coefficient (Wildman–Crippen LogP) is 1.50. The van der Waals surface area contributed by atoms with Crippen LogP contribution in [0.5, 0.6) is 5.75 Å². The van der Waals surface area contributed by atoms with Gasteiger partial charge in [-0.3, -0.25) is 4.79 Å². The van der Waals surface area contributed by atoms with Crippen molar-refractivity contribution in [3.05, 3.63) is 34.7 Å². The lowest BCUT2D eigenvalue weighted by Crippen LogP contribution is -2.11. The summed E-state index contributed by atoms with van der Waals surface area (Å²) in [5.41, 5.74) is 5.70. The number of hydrogen-bond acceptors (Lipinski definition) is 2. The minimum absolute atomic E-state index is 0.486. The van der Waals surface area contributed by atoms with Gasteiger partial charge in [-0.1, -0.05) is 22.0 Å². The van der Waals surface area contributed by atoms with Crippen molar-refractivity contribution >= 4 is 21.8 Å². The van der Waals surface area contributed by atoms with Crippen molar-refractivity contribution in [1.82, 2.24) is 0 Å². The van der Waals surface area contributed by atoms with Gasteiger partial charge >= 0.3 is 0 Å². The minimum Gasteiger partial charge on any atom is -0.496 e. The van der Waals surface area contributed by atoms with Gasteiger partial charge in [-0.05, 0) is 12.1 Å². The topological polar surface area (TPSA) is 52.3 Å². The number of rotatable bonds is 3. The van der Waals surface area contributed by atoms with Crippen molar-refractivity contribution in [3.63, 3.8) is 0 Å². The van der Waals surface area contributed by atoms with Crippen molar-refractivity contribution in [2.24, 2.45) is 5.73 Å². The molecule has 0 atom stereocenters. The maximum atomic E-state index is 10.6. The first kappa shape index (κ1) is 10.1. The van der Waals surface area contributed by atoms with Gasteiger partial charge in [0.1, 0.15) is 5.75 Å². The van der Waals surface area contributed by atoms with Crippen LogP contribution < -0.4 is 10.5 Å². The number of amides is 1. The zero-order chi connectivity index (χ0) is 9.84. The van der Waals surface area contributed by atoms with E-state index >= 15 is 0 Å². The molecule has 0 saturated heterocycles. The Morgan fingerprint density at radius 2 is 2.31 bits per heavy atom. The first-order valence-corrected chi connectivity index (χ1v) is 4.40. The van der Waals surface area contributed by atoms with Gasteiger partial charge in [-0.25, -0.2) is 0 Å². The van der Waals surface area contributed by atoms with Crippen LogP contribution in [0.15, 0.2) is 22.7 Å². The molecule has 0 spiro atoms. The molecule has 1 aromatic rings. The van der Waals surface area contributed by atoms with Crippen LogP contribution in [-0.2, 0) is 4.79 Å². The van der Waals surface area contributed by atoms with E-state index in [1.807, 2.05) is 6.07 Å². The molecule has 3 nitrogen and oxygen atoms in total. The monoisotopic (exact) mass is 242 g/mol. The Balaban J connectivity index is 2.99. The first-order valence-electron chi connectivity index (χ1n) is 3.61. The molecule has 0 saturated carbocycles. The van der Waals surface area contributed by atoms with Gasteiger partial charge in [0.2, 0.25) is 5.91 Å². The molecule has 1 rings (SSSR count). The van der Waals surface area contributed by atoms with Crippen molar-refractivity contribution in [2.45, 2.75) is 0 Å². The fraction of sp³-hybridized carbons (Fsp3) is 0.111. The van der Waals surface area contributed by atoms with Crippen LogP contribution in [0.25, 0.3) is 0 Å². The fourth-order valence-corrected chi connectivity index (χ4v) is 1.30. The number of benzene rings is 1. The van der Waals surface area contributed by atoms with Gasteiger partial charge in [0, 0.05) is 10.0 Å². The SMILES string of the molecule is COc1cc(Br)ccc1[CH]C(N)=O. The van der Waals surface area contributed by atoms with Crippen LogP contribution in [0, 0.1) is 6.42 Å². The molecule has 0 heterocycles. The third-order valence-electron chi connectivity index (χ3n) is 1.49. The molecule has 0 bridgehead atoms. The summed E-state index contributed by atoms with van der Waals surface area (Å²) in [5, 5.41) is 0. The molecule has 0 aliphatic carbocycles. The minimum atomic E-state index is -0.486. The number of hydrogen-bond donors (Lipinski definition) is 1. The molecule has 69 valence electrons. The Labute approximate surface area is 85.0 Å². The zero-order valence-corrected chi connectivity index (χ0v) is 8.67. The molecular weight excluding hydrogens is 234 g/mol. The van der Waals surface area contributed by atoms with E-state index in [4.69, 9.17) is 10.5 Å². The van der Waals surface area contributed by atoms with Gasteiger partial charge in [-0.2, -0.15) is 0 Å². The average molecular weight is 243 g/mol. The van der Waals surface area contributed by atoms with Crippen molar-refractivity contribution in [3.8, 4) is 5.75 Å². The highest BCUT2D eigenvalue weighted by Crippen LogP contribution is 2.24. The average Bonchev–Trinajstić information content (AvgIpc) is 2.07. The number of halogens is 1. The van der Waals surface area contributed by atoms with E-state index in [-0.39, 0.29) is 0 Å². The highest BCUT2D eigenvalue weighted by Gasteiger charge is 2.06. The largest absolute Gasteiger partial charge is 0.496 e. The van der Waals surface area contributed by atoms with Gasteiger partial charge in [0.15, 0.2) is 0 Å². The number of carbonyl (C=O) groups is 1. The Hall–Kier alpha value is -1.03. The summed E-state index contributed by atoms with van der Waals surface area (Å²) in [6, 6.07) is 5.35. The van der Waals surface area contributed by atoms with Crippen LogP contribution in [0.4, 0.5) is 0 Å². The molecule has 2 N–H and O–H groups in total. The maximum absolute atomic E-state index is 10.6. The van der Waals surface area contributed by atoms with Crippen LogP contribution in [-0.4, -0.2) is 13.0 Å². The molecule has 0 aliphatic rings. The molecule has 4 heteroatoms. The lowest BCUT2D eigenvalue weighted by molar-refractivity contribution is -0.114. The van der Waals surface area contributed by atoms with Crippen LogP contribution in [0.2, 0.25) is 0 Å². The Bertz CT molecular complexity index is 325. The highest BCUT2D eigenvalue weighted by atomic mass is 79.9. The Kier molecular flexibility index (Phi) is 3.31. The second-order valence-electron chi connectivity index (χ2n) is 2.43. The number of nitrogens with two attached hydrogens (primary N) is 1. The lowest BCUT2D eigenvalue weighted by Gasteiger charge is -2.06. The molecule has 13 heavy (non-hydrogen) atoms. The van der Waals surface area contributed by atoms with Gasteiger partial charge in [-0.15, -0.1) is 0 Å². The summed E-state index contributed by atoms with van der Waals surface area (Å²) in [7, 11) is 1.54. The van der Waals surface area contributed by atoms with Gasteiger partial charge in [0.05, 0.1) is 13.5 Å². The van der Waals surface area contributed by atoms with Crippen molar-refractivity contribution in [2.75, 3.05) is 7.11 Å². The molecule has 1 aromatic carbocycles. The second-order valence-corrected chi connectivity index (χ2v) is 3.35. The Morgan fingerprint density at radius 1 is 1.62 bits per heavy atom. The third-order valence-corrected chi connectivity index (χ3v) is 1.99. The van der Waals surface area contributed by atoms with E-state index in [9.17, 15) is 4.79 Å². The van der Waals surface area contributed by atoms with E-state index in [2.05, 4.69) is 15.9 Å². The summed E-state index contributed by atoms with van der Waals surface area (Å²) in [4.78, 5) is 10.6. The maximum Gasteiger partial charge on any atom is 0.226 e. The normalized spacial score (nSPS) is 9.69. The van der Waals surface area contributed by atoms with Crippen molar-refractivity contribution < 1.29 is 9.53 Å². The molecule has 1 radical (unpaired) electrons. The van der Waals surface area contributed by atoms with Crippen LogP contribution >= 0.6 is 15.9 Å². The van der Waals surface area contributed by atoms with E-state index in [0.717, 1.165) is 4.47 Å². The smallest absolute Gasteiger partial charge is 0.226 e. The number of primary amides is 1. The quantitative estimate of drug-likeness (QED) is 0.874. The molecule has 0 unspecified atom stereocenters. The summed E-state index contributed by atoms with van der Waals surface area (Å²) < 4.78 is 5.95. The van der Waals surface area contributed by atoms with E-state index in [1.54, 1.807) is 19.2 Å². The molecule has 1 amide bonds. The van der Waals surface area contributed by atoms with Crippen LogP contribution in [0.1, 0.15) is 5.56 Å². The molecule has 0 aromatic heterocycles. The molecule has 0 aliphatic heterocycles. The molecular formula is C9H9BrNO2. The summed E-state index contributed by atoms with van der Waals surface area (Å²) >= 11 is 3.29. The third kappa shape index (κ3) is 2.73. The van der Waals surface area contributed by atoms with Crippen molar-refractivity contribution in [1.29, 1.82) is 0 Å². The first-order chi connectivity index (χ1) is 6.13. The fourth-order valence-electron chi connectivity index (χ4n) is 0.957. The summed E-state index contributed by atoms with van der Waals surface area (Å²) in [6.45, 7) is 0. The number of methoxy groups -OCH3 is 1. The number of ether oxygens (including phenoxy) is 1. The predicted molar refractivity (Wildman–Crippen MR) is 53.3 cm³/mol. The number of carbonyl (C=O) groups excluding carboxylic acids is 1. The van der Waals surface area contributed by atoms with Gasteiger partial charge in [0.25, 0.3) is 0 Å². The lowest BCUT2D eigenvalue weighted by atomic mass is 10.1. The standard InChI is InChI=1S/C9H9BrNO2/c1-13-8-5-7(10)3-2-6(8)4-9(11)12/h2-5H,1H3,(H2,11,12). The zero-order valence-electron chi connectivity index (χ0n) is 7.08. The van der Waals surface area contributed by atoms with E-state index < -0.39 is 5.91 Å². The van der Waals surface area contributed by atoms with E-state index in [1.165, 1.54) is 6.42 Å². The van der Waals surface area contributed by atoms with Crippen LogP contribution in [0.3, 0.4) is 0 Å². The summed E-state index contributed by atoms with van der Waals surface area (Å²) in [5.74, 6) is 0.133. The van der Waals surface area contributed by atoms with E-state index in [0.29, 0.717) is 11.3 Å². The molecule has 0 fully saturated rings. The highest BCUT2D eigenvalue weighted by molar-refractivity contribution is 9.10. The summed E-state index contributed by atoms with van der Waals surface area (Å²) in [6.07, 6.45) is 1.32. The Morgan fingerprint density at radius 3 is 2.85 bits per heavy atom. The van der Waals surface area contributed by atoms with Gasteiger partial charge < -0.3 is 10.5 Å². The second kappa shape index (κ2) is 4.28.